The molecule has 3 rings (SSSR count). The number of unbranched alkanes of at least 4 members (excludes halogenated alkanes) is 2. The summed E-state index contributed by atoms with van der Waals surface area (Å²) in [5.41, 5.74) is 9.61. The van der Waals surface area contributed by atoms with Crippen LogP contribution in [0, 0.1) is 25.6 Å². The molecule has 49 heavy (non-hydrogen) atoms. The first-order valence-corrected chi connectivity index (χ1v) is 17.6. The van der Waals surface area contributed by atoms with Crippen molar-refractivity contribution in [2.75, 3.05) is 31.6 Å². The van der Waals surface area contributed by atoms with Gasteiger partial charge in [0.15, 0.2) is 0 Å². The average Bonchev–Trinajstić information content (AvgIpc) is 3.48. The smallest absolute Gasteiger partial charge is 0.396 e. The molecule has 1 aliphatic heterocycles. The van der Waals surface area contributed by atoms with Crippen LogP contribution >= 0.6 is 7.82 Å². The largest absolute Gasteiger partial charge is 0.469 e. The van der Waals surface area contributed by atoms with Crippen molar-refractivity contribution in [3.63, 3.8) is 0 Å². The Labute approximate surface area is 283 Å². The molecule has 0 bridgehead atoms. The molecule has 0 aliphatic carbocycles. The number of aromatic amines is 1. The molecule has 0 radical (unpaired) electrons. The number of urea groups is 1. The number of aliphatic hydroxyl groups is 1. The van der Waals surface area contributed by atoms with Gasteiger partial charge in [0.2, 0.25) is 11.8 Å². The zero-order valence-corrected chi connectivity index (χ0v) is 28.5. The number of aromatic nitrogens is 1. The molecule has 2 heterocycles. The number of fused-ring (bicyclic) bond motifs is 1. The second-order valence-corrected chi connectivity index (χ2v) is 13.2. The number of phosphoric acid groups is 1. The van der Waals surface area contributed by atoms with Gasteiger partial charge in [0.05, 0.1) is 12.2 Å². The van der Waals surface area contributed by atoms with E-state index in [-0.39, 0.29) is 43.9 Å². The van der Waals surface area contributed by atoms with Crippen molar-refractivity contribution < 1.29 is 47.6 Å². The third-order valence-corrected chi connectivity index (χ3v) is 8.72. The number of carbonyl (C=O) groups excluding carboxylic acids is 4. The van der Waals surface area contributed by atoms with E-state index in [1.165, 1.54) is 18.2 Å². The molecule has 0 spiro atoms. The Morgan fingerprint density at radius 1 is 1.08 bits per heavy atom. The van der Waals surface area contributed by atoms with Gasteiger partial charge in [0.25, 0.3) is 5.91 Å². The maximum absolute atomic E-state index is 13.9. The Balaban J connectivity index is 1.57. The fraction of sp³-hybridized carbons (Fsp3) is 0.500. The van der Waals surface area contributed by atoms with E-state index in [2.05, 4.69) is 30.8 Å². The van der Waals surface area contributed by atoms with Gasteiger partial charge < -0.3 is 46.9 Å². The normalized spacial score (nSPS) is 14.7. The summed E-state index contributed by atoms with van der Waals surface area (Å²) < 4.78 is 29.3. The van der Waals surface area contributed by atoms with Crippen molar-refractivity contribution in [1.29, 1.82) is 0 Å². The molecule has 10 N–H and O–H groups in total. The molecule has 270 valence electrons. The molecule has 2 aromatic rings. The van der Waals surface area contributed by atoms with Gasteiger partial charge in [-0.05, 0) is 87.8 Å². The maximum atomic E-state index is 13.9. The van der Waals surface area contributed by atoms with Crippen molar-refractivity contribution in [2.24, 2.45) is 11.7 Å². The predicted molar refractivity (Wildman–Crippen MR) is 180 cm³/mol. The molecule has 0 fully saturated rings. The molecule has 1 aromatic heterocycles. The molecule has 17 heteroatoms. The van der Waals surface area contributed by atoms with Crippen LogP contribution in [0.1, 0.15) is 73.0 Å². The maximum Gasteiger partial charge on any atom is 0.469 e. The fourth-order valence-corrected chi connectivity index (χ4v) is 5.97. The number of anilines is 1. The highest BCUT2D eigenvalue weighted by atomic mass is 31.2. The predicted octanol–water partition coefficient (Wildman–Crippen LogP) is 2.52. The quantitative estimate of drug-likeness (QED) is 0.0557. The van der Waals surface area contributed by atoms with Gasteiger partial charge >= 0.3 is 13.9 Å². The standard InChI is InChI=1S/C32H46FN6O9P/c1-19-23(20(2)37-28(19)16-25-24-15-22(33)9-11-26(24)39-30(25)42)10-12-29(41)38-27(8-4-6-14-36-32(34)44)31(43)35-13-5-3-7-21(17-40)18-48-49(45,46)47/h9,11,15-16,21,27,37,40H,3-8,10,12-14,17-18H2,1-2H3,(H,35,43)(H,38,41)(H,39,42)(H3,34,36,44)(H2,45,46,47)/b25-16-/t21?,27-/m0/s1. The van der Waals surface area contributed by atoms with Gasteiger partial charge in [-0.1, -0.05) is 6.42 Å². The number of hydrogen-bond donors (Lipinski definition) is 9. The van der Waals surface area contributed by atoms with E-state index >= 15 is 0 Å². The minimum atomic E-state index is -4.64. The summed E-state index contributed by atoms with van der Waals surface area (Å²) >= 11 is 0. The van der Waals surface area contributed by atoms with Crippen LogP contribution in [0.2, 0.25) is 0 Å². The van der Waals surface area contributed by atoms with E-state index in [9.17, 15) is 33.2 Å². The first-order valence-electron chi connectivity index (χ1n) is 16.1. The van der Waals surface area contributed by atoms with E-state index in [1.54, 1.807) is 6.08 Å². The number of benzene rings is 1. The van der Waals surface area contributed by atoms with Crippen LogP contribution in [0.4, 0.5) is 14.9 Å². The summed E-state index contributed by atoms with van der Waals surface area (Å²) in [6, 6.07) is 2.60. The molecule has 1 unspecified atom stereocenters. The fourth-order valence-electron chi connectivity index (χ4n) is 5.56. The van der Waals surface area contributed by atoms with Crippen molar-refractivity contribution in [2.45, 2.75) is 71.3 Å². The zero-order valence-electron chi connectivity index (χ0n) is 27.6. The third-order valence-electron chi connectivity index (χ3n) is 8.23. The molecular weight excluding hydrogens is 662 g/mol. The lowest BCUT2D eigenvalue weighted by Crippen LogP contribution is -2.47. The first-order chi connectivity index (χ1) is 23.2. The van der Waals surface area contributed by atoms with E-state index in [4.69, 9.17) is 15.5 Å². The van der Waals surface area contributed by atoms with Crippen LogP contribution in [-0.4, -0.2) is 76.0 Å². The molecule has 5 amide bonds. The molecule has 2 atom stereocenters. The third kappa shape index (κ3) is 12.7. The number of halogens is 1. The van der Waals surface area contributed by atoms with Crippen LogP contribution < -0.4 is 27.0 Å². The van der Waals surface area contributed by atoms with Gasteiger partial charge in [-0.3, -0.25) is 18.9 Å². The lowest BCUT2D eigenvalue weighted by molar-refractivity contribution is -0.129. The summed E-state index contributed by atoms with van der Waals surface area (Å²) in [5.74, 6) is -1.99. The lowest BCUT2D eigenvalue weighted by atomic mass is 10.0. The highest BCUT2D eigenvalue weighted by Gasteiger charge is 2.26. The lowest BCUT2D eigenvalue weighted by Gasteiger charge is -2.19. The summed E-state index contributed by atoms with van der Waals surface area (Å²) in [5, 5.41) is 20.3. The monoisotopic (exact) mass is 708 g/mol. The SMILES string of the molecule is Cc1[nH]c(/C=C2\C(=O)Nc3ccc(F)cc32)c(C)c1CCC(=O)N[C@@H](CCCCNC(N)=O)C(=O)NCCCCC(CO)COP(=O)(O)O. The number of nitrogens with one attached hydrogen (secondary N) is 5. The van der Waals surface area contributed by atoms with Crippen LogP contribution in [-0.2, 0) is 29.9 Å². The summed E-state index contributed by atoms with van der Waals surface area (Å²) in [6.45, 7) is 3.72. The Kier molecular flexibility index (Phi) is 15.0. The van der Waals surface area contributed by atoms with Gasteiger partial charge in [0, 0.05) is 54.7 Å². The summed E-state index contributed by atoms with van der Waals surface area (Å²) in [4.78, 5) is 70.7. The number of rotatable bonds is 20. The first kappa shape index (κ1) is 39.4. The zero-order chi connectivity index (χ0) is 36.1. The molecule has 0 saturated heterocycles. The van der Waals surface area contributed by atoms with Crippen molar-refractivity contribution >= 4 is 48.9 Å². The summed E-state index contributed by atoms with van der Waals surface area (Å²) in [7, 11) is -4.64. The molecule has 0 saturated carbocycles. The van der Waals surface area contributed by atoms with Gasteiger partial charge in [-0.15, -0.1) is 0 Å². The van der Waals surface area contributed by atoms with E-state index in [0.717, 1.165) is 16.8 Å². The second kappa shape index (κ2) is 18.6. The number of aliphatic hydroxyl groups excluding tert-OH is 1. The van der Waals surface area contributed by atoms with Gasteiger partial charge in [-0.2, -0.15) is 0 Å². The van der Waals surface area contributed by atoms with E-state index < -0.39 is 31.6 Å². The van der Waals surface area contributed by atoms with Crippen LogP contribution in [0.15, 0.2) is 18.2 Å². The van der Waals surface area contributed by atoms with Gasteiger partial charge in [0.1, 0.15) is 11.9 Å². The number of carbonyl (C=O) groups is 4. The van der Waals surface area contributed by atoms with Crippen LogP contribution in [0.25, 0.3) is 11.6 Å². The Hall–Kier alpha value is -4.08. The number of aryl methyl sites for hydroxylation is 1. The van der Waals surface area contributed by atoms with E-state index in [0.29, 0.717) is 74.0 Å². The van der Waals surface area contributed by atoms with Crippen molar-refractivity contribution in [1.82, 2.24) is 20.9 Å². The molecule has 1 aromatic carbocycles. The Bertz CT molecular complexity index is 1570. The Morgan fingerprint density at radius 2 is 1.78 bits per heavy atom. The van der Waals surface area contributed by atoms with Crippen molar-refractivity contribution in [3.05, 3.63) is 52.1 Å². The molecule has 1 aliphatic rings. The highest BCUT2D eigenvalue weighted by Crippen LogP contribution is 2.37. The minimum absolute atomic E-state index is 0.0797. The van der Waals surface area contributed by atoms with E-state index in [1.807, 2.05) is 13.8 Å². The minimum Gasteiger partial charge on any atom is -0.396 e. The van der Waals surface area contributed by atoms with Gasteiger partial charge in [-0.25, -0.2) is 13.8 Å². The number of primary amides is 1. The number of nitrogens with two attached hydrogens (primary N) is 1. The number of amides is 5. The second-order valence-electron chi connectivity index (χ2n) is 12.0. The topological polar surface area (TPSA) is 245 Å². The number of phosphoric ester groups is 1. The molecule has 15 nitrogen and oxygen atoms in total. The van der Waals surface area contributed by atoms with Crippen LogP contribution in [0.3, 0.4) is 0 Å². The summed E-state index contributed by atoms with van der Waals surface area (Å²) in [6.07, 6.45) is 4.97. The van der Waals surface area contributed by atoms with Crippen molar-refractivity contribution in [3.8, 4) is 0 Å². The van der Waals surface area contributed by atoms with Crippen LogP contribution in [0.5, 0.6) is 0 Å². The Morgan fingerprint density at radius 3 is 2.45 bits per heavy atom. The number of hydrogen-bond acceptors (Lipinski definition) is 7. The average molecular weight is 709 g/mol. The number of H-pyrrole nitrogens is 1. The highest BCUT2D eigenvalue weighted by molar-refractivity contribution is 7.46. The molecular formula is C32H46FN6O9P.